The minimum atomic E-state index is -0.0934. The lowest BCUT2D eigenvalue weighted by Crippen LogP contribution is -2.14. The number of aromatic nitrogens is 1. The maximum absolute atomic E-state index is 6.29. The SMILES string of the molecule is CCOc1ccc(C(N)Cc2cccnc2)cc1OCC. The predicted molar refractivity (Wildman–Crippen MR) is 83.6 cm³/mol. The first-order valence-electron chi connectivity index (χ1n) is 7.28. The van der Waals surface area contributed by atoms with Gasteiger partial charge in [0.2, 0.25) is 0 Å². The lowest BCUT2D eigenvalue weighted by atomic mass is 10.0. The molecule has 0 saturated carbocycles. The van der Waals surface area contributed by atoms with Crippen molar-refractivity contribution in [3.8, 4) is 11.5 Å². The van der Waals surface area contributed by atoms with E-state index in [-0.39, 0.29) is 6.04 Å². The van der Waals surface area contributed by atoms with Gasteiger partial charge in [-0.1, -0.05) is 12.1 Å². The molecule has 4 heteroatoms. The van der Waals surface area contributed by atoms with E-state index in [1.807, 2.05) is 50.4 Å². The van der Waals surface area contributed by atoms with Crippen LogP contribution in [-0.2, 0) is 6.42 Å². The zero-order chi connectivity index (χ0) is 15.1. The number of hydrogen-bond acceptors (Lipinski definition) is 4. The molecule has 1 heterocycles. The molecular weight excluding hydrogens is 264 g/mol. The molecule has 0 amide bonds. The van der Waals surface area contributed by atoms with E-state index in [0.29, 0.717) is 13.2 Å². The number of pyridine rings is 1. The smallest absolute Gasteiger partial charge is 0.161 e. The van der Waals surface area contributed by atoms with Crippen molar-refractivity contribution in [1.29, 1.82) is 0 Å². The van der Waals surface area contributed by atoms with Gasteiger partial charge in [0.15, 0.2) is 11.5 Å². The van der Waals surface area contributed by atoms with Crippen molar-refractivity contribution in [1.82, 2.24) is 4.98 Å². The van der Waals surface area contributed by atoms with Crippen LogP contribution in [-0.4, -0.2) is 18.2 Å². The molecule has 4 nitrogen and oxygen atoms in total. The van der Waals surface area contributed by atoms with Crippen LogP contribution >= 0.6 is 0 Å². The first-order chi connectivity index (χ1) is 10.2. The quantitative estimate of drug-likeness (QED) is 0.849. The van der Waals surface area contributed by atoms with Crippen molar-refractivity contribution < 1.29 is 9.47 Å². The number of rotatable bonds is 7. The third-order valence-electron chi connectivity index (χ3n) is 3.17. The lowest BCUT2D eigenvalue weighted by Gasteiger charge is -2.16. The highest BCUT2D eigenvalue weighted by Gasteiger charge is 2.12. The molecule has 2 rings (SSSR count). The Morgan fingerprint density at radius 1 is 1.10 bits per heavy atom. The van der Waals surface area contributed by atoms with Crippen LogP contribution in [0.5, 0.6) is 11.5 Å². The summed E-state index contributed by atoms with van der Waals surface area (Å²) in [6, 6.07) is 9.75. The van der Waals surface area contributed by atoms with Crippen LogP contribution in [0.3, 0.4) is 0 Å². The summed E-state index contributed by atoms with van der Waals surface area (Å²) >= 11 is 0. The molecule has 0 aliphatic rings. The van der Waals surface area contributed by atoms with Crippen LogP contribution in [0.25, 0.3) is 0 Å². The van der Waals surface area contributed by atoms with Crippen LogP contribution in [0.4, 0.5) is 0 Å². The summed E-state index contributed by atoms with van der Waals surface area (Å²) in [6.07, 6.45) is 4.35. The Morgan fingerprint density at radius 3 is 2.52 bits per heavy atom. The van der Waals surface area contributed by atoms with Gasteiger partial charge in [0, 0.05) is 18.4 Å². The summed E-state index contributed by atoms with van der Waals surface area (Å²) in [7, 11) is 0. The Kier molecular flexibility index (Phi) is 5.58. The Hall–Kier alpha value is -2.07. The fourth-order valence-electron chi connectivity index (χ4n) is 2.19. The van der Waals surface area contributed by atoms with E-state index in [1.54, 1.807) is 6.20 Å². The van der Waals surface area contributed by atoms with E-state index in [1.165, 1.54) is 0 Å². The average molecular weight is 286 g/mol. The van der Waals surface area contributed by atoms with Crippen molar-refractivity contribution in [3.05, 3.63) is 53.9 Å². The van der Waals surface area contributed by atoms with Gasteiger partial charge < -0.3 is 15.2 Å². The fourth-order valence-corrected chi connectivity index (χ4v) is 2.19. The van der Waals surface area contributed by atoms with Crippen molar-refractivity contribution in [2.24, 2.45) is 5.73 Å². The van der Waals surface area contributed by atoms with E-state index < -0.39 is 0 Å². The number of nitrogens with zero attached hydrogens (tertiary/aromatic N) is 1. The largest absolute Gasteiger partial charge is 0.490 e. The maximum Gasteiger partial charge on any atom is 0.161 e. The first-order valence-corrected chi connectivity index (χ1v) is 7.28. The maximum atomic E-state index is 6.29. The molecule has 1 aromatic carbocycles. The summed E-state index contributed by atoms with van der Waals surface area (Å²) in [4.78, 5) is 4.12. The minimum absolute atomic E-state index is 0.0934. The Bertz CT molecular complexity index is 558. The van der Waals surface area contributed by atoms with Gasteiger partial charge >= 0.3 is 0 Å². The lowest BCUT2D eigenvalue weighted by molar-refractivity contribution is 0.287. The third-order valence-corrected chi connectivity index (χ3v) is 3.17. The van der Waals surface area contributed by atoms with Crippen LogP contribution in [0, 0.1) is 0 Å². The molecule has 2 aromatic rings. The van der Waals surface area contributed by atoms with Crippen LogP contribution in [0.2, 0.25) is 0 Å². The second kappa shape index (κ2) is 7.64. The van der Waals surface area contributed by atoms with Crippen LogP contribution in [0.15, 0.2) is 42.7 Å². The topological polar surface area (TPSA) is 57.4 Å². The number of hydrogen-bond donors (Lipinski definition) is 1. The van der Waals surface area contributed by atoms with Crippen LogP contribution < -0.4 is 15.2 Å². The number of ether oxygens (including phenoxy) is 2. The molecule has 21 heavy (non-hydrogen) atoms. The molecule has 0 fully saturated rings. The molecule has 1 atom stereocenters. The summed E-state index contributed by atoms with van der Waals surface area (Å²) in [6.45, 7) is 5.12. The average Bonchev–Trinajstić information content (AvgIpc) is 2.50. The molecule has 0 saturated heterocycles. The van der Waals surface area contributed by atoms with Crippen molar-refractivity contribution in [2.75, 3.05) is 13.2 Å². The van der Waals surface area contributed by atoms with Gasteiger partial charge in [-0.3, -0.25) is 4.98 Å². The summed E-state index contributed by atoms with van der Waals surface area (Å²) < 4.78 is 11.2. The predicted octanol–water partition coefficient (Wildman–Crippen LogP) is 3.12. The fraction of sp³-hybridized carbons (Fsp3) is 0.353. The minimum Gasteiger partial charge on any atom is -0.490 e. The first kappa shape index (κ1) is 15.3. The Morgan fingerprint density at radius 2 is 1.86 bits per heavy atom. The van der Waals surface area contributed by atoms with E-state index in [9.17, 15) is 0 Å². The molecule has 2 N–H and O–H groups in total. The zero-order valence-corrected chi connectivity index (χ0v) is 12.6. The molecule has 0 bridgehead atoms. The van der Waals surface area contributed by atoms with Crippen LogP contribution in [0.1, 0.15) is 31.0 Å². The second-order valence-electron chi connectivity index (χ2n) is 4.74. The summed E-state index contributed by atoms with van der Waals surface area (Å²) in [5.74, 6) is 1.51. The van der Waals surface area contributed by atoms with E-state index in [4.69, 9.17) is 15.2 Å². The monoisotopic (exact) mass is 286 g/mol. The molecule has 1 unspecified atom stereocenters. The third kappa shape index (κ3) is 4.20. The summed E-state index contributed by atoms with van der Waals surface area (Å²) in [5, 5.41) is 0. The van der Waals surface area contributed by atoms with Gasteiger partial charge in [-0.05, 0) is 49.6 Å². The molecular formula is C17H22N2O2. The molecule has 0 aliphatic heterocycles. The van der Waals surface area contributed by atoms with Gasteiger partial charge in [0.05, 0.1) is 13.2 Å². The Labute approximate surface area is 125 Å². The van der Waals surface area contributed by atoms with Crippen molar-refractivity contribution in [3.63, 3.8) is 0 Å². The van der Waals surface area contributed by atoms with Crippen molar-refractivity contribution in [2.45, 2.75) is 26.3 Å². The molecule has 0 aliphatic carbocycles. The Balaban J connectivity index is 2.17. The van der Waals surface area contributed by atoms with E-state index >= 15 is 0 Å². The standard InChI is InChI=1S/C17H22N2O2/c1-3-20-16-8-7-14(11-17(16)21-4-2)15(18)10-13-6-5-9-19-12-13/h5-9,11-12,15H,3-4,10,18H2,1-2H3. The highest BCUT2D eigenvalue weighted by Crippen LogP contribution is 2.31. The van der Waals surface area contributed by atoms with E-state index in [0.717, 1.165) is 29.0 Å². The highest BCUT2D eigenvalue weighted by atomic mass is 16.5. The molecule has 112 valence electrons. The van der Waals surface area contributed by atoms with Gasteiger partial charge in [-0.2, -0.15) is 0 Å². The van der Waals surface area contributed by atoms with E-state index in [2.05, 4.69) is 4.98 Å². The molecule has 0 radical (unpaired) electrons. The van der Waals surface area contributed by atoms with Gasteiger partial charge in [-0.15, -0.1) is 0 Å². The van der Waals surface area contributed by atoms with Gasteiger partial charge in [-0.25, -0.2) is 0 Å². The highest BCUT2D eigenvalue weighted by molar-refractivity contribution is 5.44. The number of benzene rings is 1. The zero-order valence-electron chi connectivity index (χ0n) is 12.6. The molecule has 1 aromatic heterocycles. The van der Waals surface area contributed by atoms with Gasteiger partial charge in [0.25, 0.3) is 0 Å². The molecule has 0 spiro atoms. The number of nitrogens with two attached hydrogens (primary N) is 1. The van der Waals surface area contributed by atoms with Crippen molar-refractivity contribution >= 4 is 0 Å². The normalized spacial score (nSPS) is 12.0. The van der Waals surface area contributed by atoms with Gasteiger partial charge in [0.1, 0.15) is 0 Å². The second-order valence-corrected chi connectivity index (χ2v) is 4.74. The summed E-state index contributed by atoms with van der Waals surface area (Å²) in [5.41, 5.74) is 8.45.